The molecule has 0 aliphatic carbocycles. The van der Waals surface area contributed by atoms with E-state index in [1.165, 1.54) is 0 Å². The molecule has 0 aliphatic heterocycles. The van der Waals surface area contributed by atoms with Crippen molar-refractivity contribution in [1.82, 2.24) is 4.90 Å². The minimum Gasteiger partial charge on any atom is -0.409 e. The number of hydrogen-bond donors (Lipinski definition) is 0. The van der Waals surface area contributed by atoms with Crippen LogP contribution in [0.5, 0.6) is 5.75 Å². The van der Waals surface area contributed by atoms with E-state index in [4.69, 9.17) is 4.74 Å². The molecular weight excluding hydrogens is 246 g/mol. The van der Waals surface area contributed by atoms with Crippen LogP contribution >= 0.6 is 11.8 Å². The lowest BCUT2D eigenvalue weighted by molar-refractivity contribution is 0.122. The SMILES string of the molecule is CSc1ccccc1OC(=O)N(C(C)C)C(C)C. The molecule has 100 valence electrons. The first-order chi connectivity index (χ1) is 8.47. The van der Waals surface area contributed by atoms with Gasteiger partial charge < -0.3 is 9.64 Å². The second-order valence-electron chi connectivity index (χ2n) is 4.61. The van der Waals surface area contributed by atoms with Gasteiger partial charge in [-0.3, -0.25) is 0 Å². The van der Waals surface area contributed by atoms with E-state index in [0.29, 0.717) is 5.75 Å². The second-order valence-corrected chi connectivity index (χ2v) is 5.46. The standard InChI is InChI=1S/C14H21NO2S/c1-10(2)15(11(3)4)14(16)17-12-8-6-7-9-13(12)18-5/h6-11H,1-5H3. The van der Waals surface area contributed by atoms with E-state index in [2.05, 4.69) is 0 Å². The number of thioether (sulfide) groups is 1. The third-order valence-corrected chi connectivity index (χ3v) is 3.37. The molecule has 1 aromatic carbocycles. The Bertz CT molecular complexity index is 397. The number of carbonyl (C=O) groups excluding carboxylic acids is 1. The van der Waals surface area contributed by atoms with Crippen LogP contribution in [0.15, 0.2) is 29.2 Å². The van der Waals surface area contributed by atoms with E-state index >= 15 is 0 Å². The molecule has 0 radical (unpaired) electrons. The van der Waals surface area contributed by atoms with Gasteiger partial charge in [-0.05, 0) is 46.1 Å². The third kappa shape index (κ3) is 3.67. The van der Waals surface area contributed by atoms with Crippen LogP contribution < -0.4 is 4.74 Å². The number of rotatable bonds is 4. The van der Waals surface area contributed by atoms with Gasteiger partial charge in [-0.1, -0.05) is 12.1 Å². The summed E-state index contributed by atoms with van der Waals surface area (Å²) in [5, 5.41) is 0. The molecule has 4 heteroatoms. The van der Waals surface area contributed by atoms with Gasteiger partial charge in [-0.15, -0.1) is 11.8 Å². The minimum absolute atomic E-state index is 0.124. The molecule has 0 spiro atoms. The van der Waals surface area contributed by atoms with Gasteiger partial charge in [0.2, 0.25) is 0 Å². The number of carbonyl (C=O) groups is 1. The zero-order valence-electron chi connectivity index (χ0n) is 11.6. The highest BCUT2D eigenvalue weighted by molar-refractivity contribution is 7.98. The Morgan fingerprint density at radius 1 is 1.17 bits per heavy atom. The Hall–Kier alpha value is -1.16. The Morgan fingerprint density at radius 3 is 2.22 bits per heavy atom. The van der Waals surface area contributed by atoms with Crippen molar-refractivity contribution in [3.8, 4) is 5.75 Å². The average Bonchev–Trinajstić information content (AvgIpc) is 2.28. The molecule has 18 heavy (non-hydrogen) atoms. The molecule has 0 atom stereocenters. The number of para-hydroxylation sites is 1. The summed E-state index contributed by atoms with van der Waals surface area (Å²) in [6, 6.07) is 7.83. The molecule has 0 aromatic heterocycles. The van der Waals surface area contributed by atoms with E-state index in [1.807, 2.05) is 58.2 Å². The molecule has 0 bridgehead atoms. The molecular formula is C14H21NO2S. The predicted molar refractivity (Wildman–Crippen MR) is 76.4 cm³/mol. The summed E-state index contributed by atoms with van der Waals surface area (Å²) in [4.78, 5) is 14.9. The van der Waals surface area contributed by atoms with Crippen molar-refractivity contribution in [2.75, 3.05) is 6.26 Å². The van der Waals surface area contributed by atoms with Gasteiger partial charge >= 0.3 is 6.09 Å². The van der Waals surface area contributed by atoms with Crippen LogP contribution in [0.3, 0.4) is 0 Å². The van der Waals surface area contributed by atoms with E-state index in [0.717, 1.165) is 4.90 Å². The Kier molecular flexibility index (Phi) is 5.54. The van der Waals surface area contributed by atoms with Crippen molar-refractivity contribution < 1.29 is 9.53 Å². The molecule has 3 nitrogen and oxygen atoms in total. The van der Waals surface area contributed by atoms with Crippen LogP contribution in [0, 0.1) is 0 Å². The summed E-state index contributed by atoms with van der Waals surface area (Å²) in [6.45, 7) is 7.95. The first-order valence-electron chi connectivity index (χ1n) is 6.10. The minimum atomic E-state index is -0.290. The summed E-state index contributed by atoms with van der Waals surface area (Å²) >= 11 is 1.57. The maximum atomic E-state index is 12.2. The van der Waals surface area contributed by atoms with Crippen LogP contribution in [0.2, 0.25) is 0 Å². The van der Waals surface area contributed by atoms with Gasteiger partial charge in [-0.25, -0.2) is 4.79 Å². The molecule has 1 rings (SSSR count). The van der Waals surface area contributed by atoms with Crippen LogP contribution in [-0.2, 0) is 0 Å². The monoisotopic (exact) mass is 267 g/mol. The van der Waals surface area contributed by atoms with E-state index in [1.54, 1.807) is 16.7 Å². The van der Waals surface area contributed by atoms with Gasteiger partial charge in [0, 0.05) is 17.0 Å². The number of amides is 1. The summed E-state index contributed by atoms with van der Waals surface area (Å²) < 4.78 is 5.49. The highest BCUT2D eigenvalue weighted by Crippen LogP contribution is 2.27. The van der Waals surface area contributed by atoms with Gasteiger partial charge in [0.1, 0.15) is 5.75 Å². The van der Waals surface area contributed by atoms with E-state index < -0.39 is 0 Å². The van der Waals surface area contributed by atoms with E-state index in [9.17, 15) is 4.79 Å². The van der Waals surface area contributed by atoms with Crippen molar-refractivity contribution in [2.24, 2.45) is 0 Å². The molecule has 0 fully saturated rings. The van der Waals surface area contributed by atoms with Crippen LogP contribution in [0.4, 0.5) is 4.79 Å². The lowest BCUT2D eigenvalue weighted by Gasteiger charge is -2.29. The predicted octanol–water partition coefficient (Wildman–Crippen LogP) is 4.03. The van der Waals surface area contributed by atoms with Crippen molar-refractivity contribution in [2.45, 2.75) is 44.7 Å². The lowest BCUT2D eigenvalue weighted by atomic mass is 10.2. The van der Waals surface area contributed by atoms with Crippen molar-refractivity contribution >= 4 is 17.9 Å². The molecule has 0 saturated carbocycles. The molecule has 1 amide bonds. The molecule has 0 unspecified atom stereocenters. The molecule has 0 saturated heterocycles. The molecule has 0 N–H and O–H groups in total. The molecule has 0 heterocycles. The number of nitrogens with zero attached hydrogens (tertiary/aromatic N) is 1. The number of hydrogen-bond acceptors (Lipinski definition) is 3. The zero-order valence-corrected chi connectivity index (χ0v) is 12.5. The van der Waals surface area contributed by atoms with Crippen LogP contribution in [0.1, 0.15) is 27.7 Å². The maximum absolute atomic E-state index is 12.2. The Balaban J connectivity index is 2.86. The normalized spacial score (nSPS) is 10.8. The first-order valence-corrected chi connectivity index (χ1v) is 7.33. The largest absolute Gasteiger partial charge is 0.415 e. The summed E-state index contributed by atoms with van der Waals surface area (Å²) in [5.74, 6) is 0.626. The quantitative estimate of drug-likeness (QED) is 0.771. The van der Waals surface area contributed by atoms with Crippen molar-refractivity contribution in [3.63, 3.8) is 0 Å². The van der Waals surface area contributed by atoms with Crippen molar-refractivity contribution in [3.05, 3.63) is 24.3 Å². The summed E-state index contributed by atoms with van der Waals surface area (Å²) in [6.07, 6.45) is 1.68. The zero-order chi connectivity index (χ0) is 13.7. The Labute approximate surface area is 114 Å². The Morgan fingerprint density at radius 2 is 1.72 bits per heavy atom. The second kappa shape index (κ2) is 6.69. The fourth-order valence-electron chi connectivity index (χ4n) is 1.87. The average molecular weight is 267 g/mol. The maximum Gasteiger partial charge on any atom is 0.415 e. The highest BCUT2D eigenvalue weighted by Gasteiger charge is 2.22. The first kappa shape index (κ1) is 14.9. The van der Waals surface area contributed by atoms with Crippen LogP contribution in [-0.4, -0.2) is 29.3 Å². The third-order valence-electron chi connectivity index (χ3n) is 2.59. The van der Waals surface area contributed by atoms with Gasteiger partial charge in [-0.2, -0.15) is 0 Å². The van der Waals surface area contributed by atoms with Gasteiger partial charge in [0.25, 0.3) is 0 Å². The van der Waals surface area contributed by atoms with Crippen LogP contribution in [0.25, 0.3) is 0 Å². The van der Waals surface area contributed by atoms with E-state index in [-0.39, 0.29) is 18.2 Å². The van der Waals surface area contributed by atoms with Gasteiger partial charge in [0.15, 0.2) is 0 Å². The summed E-state index contributed by atoms with van der Waals surface area (Å²) in [5.41, 5.74) is 0. The molecule has 0 aliphatic rings. The van der Waals surface area contributed by atoms with Gasteiger partial charge in [0.05, 0.1) is 0 Å². The number of ether oxygens (including phenoxy) is 1. The fourth-order valence-corrected chi connectivity index (χ4v) is 2.39. The van der Waals surface area contributed by atoms with Crippen molar-refractivity contribution in [1.29, 1.82) is 0 Å². The highest BCUT2D eigenvalue weighted by atomic mass is 32.2. The smallest absolute Gasteiger partial charge is 0.409 e. The summed E-state index contributed by atoms with van der Waals surface area (Å²) in [7, 11) is 0. The fraction of sp³-hybridized carbons (Fsp3) is 0.500. The topological polar surface area (TPSA) is 29.5 Å². The number of benzene rings is 1. The molecule has 1 aromatic rings. The lowest BCUT2D eigenvalue weighted by Crippen LogP contribution is -2.43.